The van der Waals surface area contributed by atoms with Crippen LogP contribution in [0.25, 0.3) is 11.0 Å². The molecule has 1 aliphatic heterocycles. The molecule has 3 aromatic rings. The van der Waals surface area contributed by atoms with Gasteiger partial charge >= 0.3 is 0 Å². The van der Waals surface area contributed by atoms with E-state index in [2.05, 4.69) is 38.5 Å². The van der Waals surface area contributed by atoms with Crippen LogP contribution >= 0.6 is 0 Å². The van der Waals surface area contributed by atoms with Gasteiger partial charge in [-0.3, -0.25) is 4.90 Å². The van der Waals surface area contributed by atoms with E-state index in [9.17, 15) is 0 Å². The van der Waals surface area contributed by atoms with Crippen molar-refractivity contribution in [2.24, 2.45) is 0 Å². The number of H-pyrrole nitrogens is 1. The summed E-state index contributed by atoms with van der Waals surface area (Å²) in [6.45, 7) is 2.63. The molecule has 22 heavy (non-hydrogen) atoms. The number of hydrogen-bond acceptors (Lipinski definition) is 5. The van der Waals surface area contributed by atoms with Crippen LogP contribution in [0, 0.1) is 0 Å². The zero-order valence-electron chi connectivity index (χ0n) is 12.4. The summed E-state index contributed by atoms with van der Waals surface area (Å²) < 4.78 is 11.3. The largest absolute Gasteiger partial charge is 0.464 e. The molecule has 1 saturated heterocycles. The number of aromatic nitrogens is 3. The standard InChI is InChI=1S/C16H18N4O2/c1-21-15-10-20(9-13(15)14-7-17-19-18-14)8-12-4-2-3-11-5-6-22-16(11)12/h2-7,13,15H,8-10H2,1H3,(H,17,18,19)/t13-,15+/m0/s1. The lowest BCUT2D eigenvalue weighted by atomic mass is 10.0. The predicted molar refractivity (Wildman–Crippen MR) is 81.4 cm³/mol. The number of hydrogen-bond donors (Lipinski definition) is 1. The Kier molecular flexibility index (Phi) is 3.40. The average Bonchev–Trinajstić information content (AvgIpc) is 3.27. The van der Waals surface area contributed by atoms with Crippen LogP contribution in [0.1, 0.15) is 17.2 Å². The summed E-state index contributed by atoms with van der Waals surface area (Å²) in [5, 5.41) is 12.0. The van der Waals surface area contributed by atoms with Gasteiger partial charge in [-0.15, -0.1) is 0 Å². The van der Waals surface area contributed by atoms with Crippen molar-refractivity contribution >= 4 is 11.0 Å². The number of likely N-dealkylation sites (tertiary alicyclic amines) is 1. The molecule has 0 unspecified atom stereocenters. The fourth-order valence-electron chi connectivity index (χ4n) is 3.31. The number of benzene rings is 1. The third-order valence-corrected chi connectivity index (χ3v) is 4.41. The smallest absolute Gasteiger partial charge is 0.138 e. The van der Waals surface area contributed by atoms with Crippen LogP contribution in [-0.2, 0) is 11.3 Å². The van der Waals surface area contributed by atoms with E-state index in [1.54, 1.807) is 19.6 Å². The first-order valence-electron chi connectivity index (χ1n) is 7.41. The molecule has 0 spiro atoms. The molecule has 6 nitrogen and oxygen atoms in total. The third-order valence-electron chi connectivity index (χ3n) is 4.41. The lowest BCUT2D eigenvalue weighted by molar-refractivity contribution is 0.0957. The van der Waals surface area contributed by atoms with Crippen LogP contribution in [0.2, 0.25) is 0 Å². The van der Waals surface area contributed by atoms with E-state index in [0.29, 0.717) is 0 Å². The van der Waals surface area contributed by atoms with Gasteiger partial charge in [0.1, 0.15) is 5.58 Å². The van der Waals surface area contributed by atoms with Gasteiger partial charge in [0.2, 0.25) is 0 Å². The van der Waals surface area contributed by atoms with Crippen LogP contribution in [0.15, 0.2) is 41.1 Å². The summed E-state index contributed by atoms with van der Waals surface area (Å²) in [5.41, 5.74) is 3.14. The summed E-state index contributed by atoms with van der Waals surface area (Å²) in [6, 6.07) is 8.27. The molecule has 0 bridgehead atoms. The van der Waals surface area contributed by atoms with Gasteiger partial charge in [-0.05, 0) is 6.07 Å². The van der Waals surface area contributed by atoms with Gasteiger partial charge in [-0.25, -0.2) is 0 Å². The molecule has 0 amide bonds. The summed E-state index contributed by atoms with van der Waals surface area (Å²) in [4.78, 5) is 2.38. The van der Waals surface area contributed by atoms with E-state index in [1.165, 1.54) is 5.56 Å². The van der Waals surface area contributed by atoms with Crippen LogP contribution in [-0.4, -0.2) is 46.6 Å². The highest BCUT2D eigenvalue weighted by Crippen LogP contribution is 2.30. The van der Waals surface area contributed by atoms with Crippen LogP contribution in [0.5, 0.6) is 0 Å². The lowest BCUT2D eigenvalue weighted by Gasteiger charge is -2.15. The first-order chi connectivity index (χ1) is 10.8. The quantitative estimate of drug-likeness (QED) is 0.799. The number of nitrogens with zero attached hydrogens (tertiary/aromatic N) is 3. The topological polar surface area (TPSA) is 67.2 Å². The molecule has 4 rings (SSSR count). The van der Waals surface area contributed by atoms with Crippen molar-refractivity contribution in [1.82, 2.24) is 20.3 Å². The van der Waals surface area contributed by atoms with E-state index in [-0.39, 0.29) is 12.0 Å². The molecular weight excluding hydrogens is 280 g/mol. The Morgan fingerprint density at radius 1 is 1.36 bits per heavy atom. The number of para-hydroxylation sites is 1. The first-order valence-corrected chi connectivity index (χ1v) is 7.41. The van der Waals surface area contributed by atoms with Gasteiger partial charge in [0.05, 0.1) is 24.3 Å². The molecule has 1 N–H and O–H groups in total. The second-order valence-electron chi connectivity index (χ2n) is 5.73. The SMILES string of the molecule is CO[C@@H]1CN(Cc2cccc3ccoc23)C[C@H]1c1cn[nH]n1. The number of fused-ring (bicyclic) bond motifs is 1. The van der Waals surface area contributed by atoms with Crippen LogP contribution < -0.4 is 0 Å². The third kappa shape index (κ3) is 2.30. The second-order valence-corrected chi connectivity index (χ2v) is 5.73. The molecule has 0 radical (unpaired) electrons. The van der Waals surface area contributed by atoms with E-state index in [1.807, 2.05) is 6.07 Å². The molecule has 1 aliphatic rings. The highest BCUT2D eigenvalue weighted by atomic mass is 16.5. The molecular formula is C16H18N4O2. The fourth-order valence-corrected chi connectivity index (χ4v) is 3.31. The molecule has 2 aromatic heterocycles. The summed E-state index contributed by atoms with van der Waals surface area (Å²) in [7, 11) is 1.76. The number of methoxy groups -OCH3 is 1. The van der Waals surface area contributed by atoms with Crippen LogP contribution in [0.3, 0.4) is 0 Å². The normalized spacial score (nSPS) is 22.6. The minimum Gasteiger partial charge on any atom is -0.464 e. The molecule has 0 saturated carbocycles. The van der Waals surface area contributed by atoms with Gasteiger partial charge in [0.25, 0.3) is 0 Å². The number of furan rings is 1. The first kappa shape index (κ1) is 13.5. The van der Waals surface area contributed by atoms with Gasteiger partial charge < -0.3 is 9.15 Å². The minimum atomic E-state index is 0.140. The Labute approximate surface area is 128 Å². The Bertz CT molecular complexity index is 752. The van der Waals surface area contributed by atoms with Gasteiger partial charge in [0, 0.05) is 43.6 Å². The Morgan fingerprint density at radius 3 is 3.14 bits per heavy atom. The molecule has 6 heteroatoms. The Hall–Kier alpha value is -2.18. The van der Waals surface area contributed by atoms with Gasteiger partial charge in [-0.1, -0.05) is 18.2 Å². The molecule has 0 aliphatic carbocycles. The number of aromatic amines is 1. The van der Waals surface area contributed by atoms with Crippen molar-refractivity contribution in [3.05, 3.63) is 48.0 Å². The summed E-state index contributed by atoms with van der Waals surface area (Å²) >= 11 is 0. The molecule has 3 heterocycles. The predicted octanol–water partition coefficient (Wildman–Crippen LogP) is 2.17. The average molecular weight is 298 g/mol. The van der Waals surface area contributed by atoms with Crippen molar-refractivity contribution in [3.63, 3.8) is 0 Å². The van der Waals surface area contributed by atoms with E-state index in [0.717, 1.165) is 36.3 Å². The number of nitrogens with one attached hydrogen (secondary N) is 1. The molecule has 1 aromatic carbocycles. The maximum atomic E-state index is 5.64. The van der Waals surface area contributed by atoms with Crippen molar-refractivity contribution in [1.29, 1.82) is 0 Å². The highest BCUT2D eigenvalue weighted by Gasteiger charge is 2.35. The molecule has 1 fully saturated rings. The van der Waals surface area contributed by atoms with Crippen molar-refractivity contribution < 1.29 is 9.15 Å². The monoisotopic (exact) mass is 298 g/mol. The van der Waals surface area contributed by atoms with E-state index in [4.69, 9.17) is 9.15 Å². The Morgan fingerprint density at radius 2 is 2.32 bits per heavy atom. The summed E-state index contributed by atoms with van der Waals surface area (Å²) in [5.74, 6) is 0.250. The van der Waals surface area contributed by atoms with Crippen molar-refractivity contribution in [3.8, 4) is 0 Å². The van der Waals surface area contributed by atoms with Gasteiger partial charge in [0.15, 0.2) is 0 Å². The summed E-state index contributed by atoms with van der Waals surface area (Å²) in [6.07, 6.45) is 3.67. The number of rotatable bonds is 4. The van der Waals surface area contributed by atoms with Crippen LogP contribution in [0.4, 0.5) is 0 Å². The molecule has 114 valence electrons. The van der Waals surface area contributed by atoms with Crippen molar-refractivity contribution in [2.75, 3.05) is 20.2 Å². The molecule has 2 atom stereocenters. The van der Waals surface area contributed by atoms with Gasteiger partial charge in [-0.2, -0.15) is 15.4 Å². The lowest BCUT2D eigenvalue weighted by Crippen LogP contribution is -2.22. The minimum absolute atomic E-state index is 0.140. The number of ether oxygens (including phenoxy) is 1. The Balaban J connectivity index is 1.56. The zero-order valence-corrected chi connectivity index (χ0v) is 12.4. The van der Waals surface area contributed by atoms with E-state index >= 15 is 0 Å². The van der Waals surface area contributed by atoms with Crippen molar-refractivity contribution in [2.45, 2.75) is 18.6 Å². The second kappa shape index (κ2) is 5.55. The zero-order chi connectivity index (χ0) is 14.9. The fraction of sp³-hybridized carbons (Fsp3) is 0.375. The maximum Gasteiger partial charge on any atom is 0.138 e. The highest BCUT2D eigenvalue weighted by molar-refractivity contribution is 5.80. The maximum absolute atomic E-state index is 5.64. The van der Waals surface area contributed by atoms with E-state index < -0.39 is 0 Å².